The van der Waals surface area contributed by atoms with Gasteiger partial charge in [-0.2, -0.15) is 0 Å². The summed E-state index contributed by atoms with van der Waals surface area (Å²) in [5.74, 6) is 3.04. The zero-order chi connectivity index (χ0) is 14.8. The molecule has 4 bridgehead atoms. The van der Waals surface area contributed by atoms with Crippen LogP contribution in [0.1, 0.15) is 46.0 Å². The topological polar surface area (TPSA) is 14.1 Å². The molecule has 4 saturated carbocycles. The fourth-order valence-electron chi connectivity index (χ4n) is 6.59. The van der Waals surface area contributed by atoms with Crippen LogP contribution in [0.3, 0.4) is 0 Å². The molecule has 0 aromatic heterocycles. The molecule has 5 rings (SSSR count). The Morgan fingerprint density at radius 2 is 1.46 bits per heavy atom. The van der Waals surface area contributed by atoms with E-state index in [0.29, 0.717) is 11.6 Å². The summed E-state index contributed by atoms with van der Waals surface area (Å²) < 4.78 is 0. The van der Waals surface area contributed by atoms with Crippen LogP contribution >= 0.6 is 0 Å². The van der Waals surface area contributed by atoms with Gasteiger partial charge < -0.3 is 30.1 Å². The third kappa shape index (κ3) is 3.80. The molecular weight excluding hydrogens is 389 g/mol. The van der Waals surface area contributed by atoms with Crippen molar-refractivity contribution in [2.24, 2.45) is 17.8 Å². The Labute approximate surface area is 177 Å². The van der Waals surface area contributed by atoms with E-state index in [9.17, 15) is 0 Å². The van der Waals surface area contributed by atoms with Gasteiger partial charge in [0.2, 0.25) is 0 Å². The Morgan fingerprint density at radius 1 is 0.958 bits per heavy atom. The molecule has 0 N–H and O–H groups in total. The van der Waals surface area contributed by atoms with Crippen LogP contribution in [0.25, 0.3) is 5.32 Å². The Kier molecular flexibility index (Phi) is 7.97. The number of hydrogen-bond acceptors (Lipinski definition) is 0. The van der Waals surface area contributed by atoms with Crippen LogP contribution in [0.4, 0.5) is 0 Å². The molecule has 1 nitrogen and oxygen atoms in total. The van der Waals surface area contributed by atoms with Gasteiger partial charge >= 0.3 is 21.7 Å². The second-order valence-corrected chi connectivity index (χ2v) is 12.0. The fraction of sp³-hybridized carbons (Fsp3) is 0.789. The molecule has 5 aliphatic carbocycles. The molecule has 0 saturated heterocycles. The molecule has 24 heavy (non-hydrogen) atoms. The van der Waals surface area contributed by atoms with Crippen LogP contribution in [0.2, 0.25) is 18.6 Å². The first-order valence-electron chi connectivity index (χ1n) is 9.06. The van der Waals surface area contributed by atoms with Crippen LogP contribution in [0, 0.1) is 17.8 Å². The van der Waals surface area contributed by atoms with E-state index in [-0.39, 0.29) is 46.5 Å². The summed E-state index contributed by atoms with van der Waals surface area (Å²) in [6.45, 7) is 9.66. The van der Waals surface area contributed by atoms with Gasteiger partial charge in [0.1, 0.15) is 0 Å². The minimum absolute atomic E-state index is 0. The van der Waals surface area contributed by atoms with E-state index >= 15 is 0 Å². The smallest absolute Gasteiger partial charge is 1.00 e. The maximum atomic E-state index is 5.55. The molecule has 0 heterocycles. The SMILES string of the molecule is CC1=CC([N-]C23CC4CC(CC(C4)C2[SiH](C)C)C3)C=C1C.[Cl-].[Cl-].[Ti+3]. The summed E-state index contributed by atoms with van der Waals surface area (Å²) in [7, 11) is -0.635. The van der Waals surface area contributed by atoms with Crippen LogP contribution in [-0.2, 0) is 21.7 Å². The zero-order valence-corrected chi connectivity index (χ0v) is 19.6. The molecule has 5 heteroatoms. The number of rotatable bonds is 3. The third-order valence-electron chi connectivity index (χ3n) is 6.94. The monoisotopic (exact) mass is 418 g/mol. The molecule has 0 aromatic rings. The summed E-state index contributed by atoms with van der Waals surface area (Å²) >= 11 is 0. The number of hydrogen-bond donors (Lipinski definition) is 0. The van der Waals surface area contributed by atoms with Gasteiger partial charge in [0.05, 0.1) is 0 Å². The number of allylic oxidation sites excluding steroid dienone is 2. The molecule has 0 aliphatic heterocycles. The van der Waals surface area contributed by atoms with Crippen LogP contribution in [-0.4, -0.2) is 20.4 Å². The van der Waals surface area contributed by atoms with E-state index in [0.717, 1.165) is 23.3 Å². The van der Waals surface area contributed by atoms with Gasteiger partial charge in [-0.1, -0.05) is 60.8 Å². The normalized spacial score (nSPS) is 39.7. The maximum Gasteiger partial charge on any atom is 3.00 e. The van der Waals surface area contributed by atoms with Gasteiger partial charge in [-0.3, -0.25) is 0 Å². The van der Waals surface area contributed by atoms with Crippen molar-refractivity contribution in [3.05, 3.63) is 28.6 Å². The Bertz CT molecular complexity index is 487. The van der Waals surface area contributed by atoms with Crippen molar-refractivity contribution >= 4 is 8.80 Å². The van der Waals surface area contributed by atoms with Crippen LogP contribution < -0.4 is 24.8 Å². The summed E-state index contributed by atoms with van der Waals surface area (Å²) in [5, 5.41) is 5.55. The first-order valence-corrected chi connectivity index (χ1v) is 12.0. The van der Waals surface area contributed by atoms with E-state index in [1.165, 1.54) is 43.3 Å². The predicted octanol–water partition coefficient (Wildman–Crippen LogP) is -0.924. The van der Waals surface area contributed by atoms with Crippen LogP contribution in [0.15, 0.2) is 23.3 Å². The standard InChI is InChI=1S/C19H30NSi.2ClH.Ti/c1-12-5-17(6-13(12)2)20-19-10-14-7-15(11-19)9-16(8-14)18(19)21(3)4;;;/h5-6,14-18,21H,7-11H2,1-4H3;2*1H;/q-1;;;+3/p-2. The van der Waals surface area contributed by atoms with Crippen molar-refractivity contribution < 1.29 is 46.5 Å². The summed E-state index contributed by atoms with van der Waals surface area (Å²) in [4.78, 5) is 0. The first-order chi connectivity index (χ1) is 9.97. The molecule has 0 aromatic carbocycles. The quantitative estimate of drug-likeness (QED) is 0.526. The summed E-state index contributed by atoms with van der Waals surface area (Å²) in [6.07, 6.45) is 12.3. The molecule has 0 spiro atoms. The molecule has 133 valence electrons. The van der Waals surface area contributed by atoms with E-state index in [1.807, 2.05) is 0 Å². The van der Waals surface area contributed by atoms with Crippen molar-refractivity contribution in [3.63, 3.8) is 0 Å². The molecule has 1 radical (unpaired) electrons. The molecule has 4 fully saturated rings. The molecular formula is C19H30Cl2NSiTi. The van der Waals surface area contributed by atoms with Crippen molar-refractivity contribution in [2.45, 2.75) is 76.2 Å². The van der Waals surface area contributed by atoms with Gasteiger partial charge in [-0.15, -0.1) is 5.54 Å². The largest absolute Gasteiger partial charge is 3.00 e. The van der Waals surface area contributed by atoms with Gasteiger partial charge in [0.25, 0.3) is 0 Å². The van der Waals surface area contributed by atoms with Crippen molar-refractivity contribution in [2.75, 3.05) is 0 Å². The van der Waals surface area contributed by atoms with E-state index in [4.69, 9.17) is 5.32 Å². The number of halogens is 2. The Balaban J connectivity index is 0.000000960. The second-order valence-electron chi connectivity index (χ2n) is 8.80. The van der Waals surface area contributed by atoms with Crippen molar-refractivity contribution in [1.29, 1.82) is 0 Å². The Hall–Kier alpha value is 0.951. The average molecular weight is 419 g/mol. The summed E-state index contributed by atoms with van der Waals surface area (Å²) in [5.41, 5.74) is 4.25. The average Bonchev–Trinajstić information content (AvgIpc) is 2.65. The second kappa shape index (κ2) is 8.32. The fourth-order valence-corrected chi connectivity index (χ4v) is 9.59. The minimum atomic E-state index is -0.635. The van der Waals surface area contributed by atoms with Gasteiger partial charge in [-0.05, 0) is 50.9 Å². The molecule has 3 unspecified atom stereocenters. The van der Waals surface area contributed by atoms with Gasteiger partial charge in [-0.25, -0.2) is 0 Å². The predicted molar refractivity (Wildman–Crippen MR) is 93.6 cm³/mol. The van der Waals surface area contributed by atoms with Gasteiger partial charge in [0, 0.05) is 8.80 Å². The third-order valence-corrected chi connectivity index (χ3v) is 9.54. The maximum absolute atomic E-state index is 5.55. The molecule has 0 amide bonds. The molecule has 5 aliphatic rings. The number of nitrogens with zero attached hydrogens (tertiary/aromatic N) is 1. The zero-order valence-electron chi connectivity index (χ0n) is 15.4. The molecule has 3 atom stereocenters. The van der Waals surface area contributed by atoms with Crippen molar-refractivity contribution in [3.8, 4) is 0 Å². The van der Waals surface area contributed by atoms with E-state index in [1.54, 1.807) is 0 Å². The van der Waals surface area contributed by atoms with E-state index in [2.05, 4.69) is 39.1 Å². The Morgan fingerprint density at radius 3 is 1.92 bits per heavy atom. The van der Waals surface area contributed by atoms with Crippen LogP contribution in [0.5, 0.6) is 0 Å². The summed E-state index contributed by atoms with van der Waals surface area (Å²) in [6, 6.07) is 0.386. The van der Waals surface area contributed by atoms with Crippen molar-refractivity contribution in [1.82, 2.24) is 0 Å². The van der Waals surface area contributed by atoms with E-state index < -0.39 is 8.80 Å². The first kappa shape index (κ1) is 23.0. The minimum Gasteiger partial charge on any atom is -1.00 e. The van der Waals surface area contributed by atoms with Gasteiger partial charge in [0.15, 0.2) is 0 Å².